The lowest BCUT2D eigenvalue weighted by molar-refractivity contribution is 0.581. The minimum Gasteiger partial charge on any atom is -0.357 e. The summed E-state index contributed by atoms with van der Waals surface area (Å²) in [7, 11) is -2.95. The molecule has 1 unspecified atom stereocenters. The third-order valence-electron chi connectivity index (χ3n) is 3.31. The Morgan fingerprint density at radius 2 is 2.08 bits per heavy atom. The molecule has 2 N–H and O–H groups in total. The topological polar surface area (TPSA) is 70.6 Å². The van der Waals surface area contributed by atoms with Crippen LogP contribution in [-0.4, -0.2) is 45.5 Å². The summed E-state index contributed by atoms with van der Waals surface area (Å²) >= 11 is 9.53. The van der Waals surface area contributed by atoms with Crippen LogP contribution in [0.1, 0.15) is 25.8 Å². The van der Waals surface area contributed by atoms with Gasteiger partial charge in [-0.1, -0.05) is 27.5 Å². The molecule has 0 bridgehead atoms. The average Bonchev–Trinajstić information content (AvgIpc) is 2.48. The summed E-state index contributed by atoms with van der Waals surface area (Å²) < 4.78 is 23.5. The van der Waals surface area contributed by atoms with Crippen LogP contribution in [-0.2, 0) is 16.3 Å². The van der Waals surface area contributed by atoms with Crippen LogP contribution in [0.3, 0.4) is 0 Å². The van der Waals surface area contributed by atoms with Gasteiger partial charge in [0.2, 0.25) is 0 Å². The monoisotopic (exact) mass is 565 g/mol. The first-order chi connectivity index (χ1) is 11.2. The van der Waals surface area contributed by atoms with Crippen molar-refractivity contribution in [1.29, 1.82) is 0 Å². The molecule has 0 aliphatic rings. The molecule has 0 saturated carbocycles. The summed E-state index contributed by atoms with van der Waals surface area (Å²) in [6.07, 6.45) is 2.56. The van der Waals surface area contributed by atoms with Crippen LogP contribution in [0.4, 0.5) is 0 Å². The number of sulfone groups is 1. The summed E-state index contributed by atoms with van der Waals surface area (Å²) in [5.41, 5.74) is 1.10. The van der Waals surface area contributed by atoms with Gasteiger partial charge in [0.25, 0.3) is 0 Å². The summed E-state index contributed by atoms with van der Waals surface area (Å²) in [6.45, 7) is 5.29. The van der Waals surface area contributed by atoms with Crippen molar-refractivity contribution < 1.29 is 8.42 Å². The van der Waals surface area contributed by atoms with E-state index in [1.165, 1.54) is 6.26 Å². The Bertz CT molecular complexity index is 671. The second-order valence-electron chi connectivity index (χ2n) is 5.71. The molecule has 25 heavy (non-hydrogen) atoms. The van der Waals surface area contributed by atoms with E-state index in [4.69, 9.17) is 11.6 Å². The fourth-order valence-corrected chi connectivity index (χ4v) is 3.46. The number of nitrogens with one attached hydrogen (secondary N) is 2. The number of rotatable bonds is 8. The van der Waals surface area contributed by atoms with E-state index < -0.39 is 9.84 Å². The first-order valence-corrected chi connectivity index (χ1v) is 11.1. The number of benzene rings is 1. The maximum absolute atomic E-state index is 11.2. The molecule has 0 aromatic heterocycles. The van der Waals surface area contributed by atoms with E-state index in [1.54, 1.807) is 0 Å². The van der Waals surface area contributed by atoms with Gasteiger partial charge in [0, 0.05) is 34.9 Å². The third-order valence-corrected chi connectivity index (χ3v) is 5.29. The molecule has 1 rings (SSSR count). The summed E-state index contributed by atoms with van der Waals surface area (Å²) in [5.74, 6) is 0.854. The highest BCUT2D eigenvalue weighted by atomic mass is 127. The molecule has 0 saturated heterocycles. The van der Waals surface area contributed by atoms with Crippen LogP contribution >= 0.6 is 51.5 Å². The highest BCUT2D eigenvalue weighted by Crippen LogP contribution is 2.21. The Labute approximate surface area is 181 Å². The van der Waals surface area contributed by atoms with Crippen LogP contribution in [0.25, 0.3) is 0 Å². The Morgan fingerprint density at radius 3 is 2.68 bits per heavy atom. The maximum atomic E-state index is 11.2. The predicted octanol–water partition coefficient (Wildman–Crippen LogP) is 3.64. The highest BCUT2D eigenvalue weighted by molar-refractivity contribution is 14.0. The van der Waals surface area contributed by atoms with Gasteiger partial charge in [-0.3, -0.25) is 4.99 Å². The van der Waals surface area contributed by atoms with Crippen molar-refractivity contribution in [3.8, 4) is 0 Å². The van der Waals surface area contributed by atoms with Crippen molar-refractivity contribution >= 4 is 67.3 Å². The highest BCUT2D eigenvalue weighted by Gasteiger charge is 2.09. The van der Waals surface area contributed by atoms with E-state index in [0.717, 1.165) is 23.0 Å². The standard InChI is InChI=1S/C16H25BrClN3O2S.HI/c1-4-19-16(21-12(2)8-10-24(3,22)23)20-9-7-13-11-14(18)5-6-15(13)17;/h5-6,11-12H,4,7-10H2,1-3H3,(H2,19,20,21);1H. The molecule has 0 radical (unpaired) electrons. The van der Waals surface area contributed by atoms with Crippen molar-refractivity contribution in [2.75, 3.05) is 25.1 Å². The Hall–Kier alpha value is -0.0600. The maximum Gasteiger partial charge on any atom is 0.191 e. The Kier molecular flexibility index (Phi) is 12.3. The SMILES string of the molecule is CCNC(=NCCc1cc(Cl)ccc1Br)NC(C)CCS(C)(=O)=O.I. The van der Waals surface area contributed by atoms with Gasteiger partial charge in [-0.25, -0.2) is 8.42 Å². The first-order valence-electron chi connectivity index (χ1n) is 7.87. The van der Waals surface area contributed by atoms with E-state index >= 15 is 0 Å². The zero-order valence-corrected chi connectivity index (χ0v) is 20.2. The molecule has 0 spiro atoms. The predicted molar refractivity (Wildman–Crippen MR) is 121 cm³/mol. The zero-order valence-electron chi connectivity index (χ0n) is 14.7. The lowest BCUT2D eigenvalue weighted by Gasteiger charge is -2.17. The molecule has 9 heteroatoms. The third kappa shape index (κ3) is 11.3. The van der Waals surface area contributed by atoms with Crippen LogP contribution in [0.15, 0.2) is 27.7 Å². The normalized spacial score (nSPS) is 13.1. The van der Waals surface area contributed by atoms with E-state index in [2.05, 4.69) is 31.6 Å². The minimum atomic E-state index is -2.95. The van der Waals surface area contributed by atoms with Crippen molar-refractivity contribution in [2.45, 2.75) is 32.7 Å². The summed E-state index contributed by atoms with van der Waals surface area (Å²) in [6, 6.07) is 5.72. The molecule has 0 fully saturated rings. The van der Waals surface area contributed by atoms with Gasteiger partial charge in [0.15, 0.2) is 5.96 Å². The van der Waals surface area contributed by atoms with E-state index in [0.29, 0.717) is 23.9 Å². The summed E-state index contributed by atoms with van der Waals surface area (Å²) in [4.78, 5) is 4.54. The molecular formula is C16H26BrClIN3O2S. The number of hydrogen-bond acceptors (Lipinski definition) is 3. The largest absolute Gasteiger partial charge is 0.357 e. The molecule has 1 aromatic rings. The lowest BCUT2D eigenvalue weighted by Crippen LogP contribution is -2.43. The van der Waals surface area contributed by atoms with Crippen LogP contribution in [0.5, 0.6) is 0 Å². The van der Waals surface area contributed by atoms with Crippen molar-refractivity contribution in [1.82, 2.24) is 10.6 Å². The van der Waals surface area contributed by atoms with Crippen LogP contribution in [0, 0.1) is 0 Å². The van der Waals surface area contributed by atoms with E-state index in [1.807, 2.05) is 32.0 Å². The van der Waals surface area contributed by atoms with Crippen molar-refractivity contribution in [3.63, 3.8) is 0 Å². The number of hydrogen-bond donors (Lipinski definition) is 2. The van der Waals surface area contributed by atoms with E-state index in [9.17, 15) is 8.42 Å². The molecule has 144 valence electrons. The minimum absolute atomic E-state index is 0. The molecule has 0 aliphatic heterocycles. The number of nitrogens with zero attached hydrogens (tertiary/aromatic N) is 1. The molecule has 0 heterocycles. The van der Waals surface area contributed by atoms with Gasteiger partial charge in [0.1, 0.15) is 9.84 Å². The Balaban J connectivity index is 0.00000576. The summed E-state index contributed by atoms with van der Waals surface area (Å²) in [5, 5.41) is 7.12. The average molecular weight is 567 g/mol. The zero-order chi connectivity index (χ0) is 18.2. The molecule has 1 aromatic carbocycles. The smallest absolute Gasteiger partial charge is 0.191 e. The Morgan fingerprint density at radius 1 is 1.40 bits per heavy atom. The van der Waals surface area contributed by atoms with Gasteiger partial charge < -0.3 is 10.6 Å². The molecule has 1 atom stereocenters. The van der Waals surface area contributed by atoms with Gasteiger partial charge in [0.05, 0.1) is 5.75 Å². The second-order valence-corrected chi connectivity index (χ2v) is 9.26. The van der Waals surface area contributed by atoms with Gasteiger partial charge in [-0.05, 0) is 50.5 Å². The fraction of sp³-hybridized carbons (Fsp3) is 0.562. The lowest BCUT2D eigenvalue weighted by atomic mass is 10.1. The van der Waals surface area contributed by atoms with E-state index in [-0.39, 0.29) is 35.8 Å². The number of guanidine groups is 1. The second kappa shape index (κ2) is 12.3. The number of halogens is 3. The van der Waals surface area contributed by atoms with Gasteiger partial charge in [-0.15, -0.1) is 24.0 Å². The van der Waals surface area contributed by atoms with Gasteiger partial charge in [-0.2, -0.15) is 0 Å². The number of aliphatic imine (C=N–C) groups is 1. The van der Waals surface area contributed by atoms with Crippen molar-refractivity contribution in [3.05, 3.63) is 33.3 Å². The quantitative estimate of drug-likeness (QED) is 0.287. The molecular weight excluding hydrogens is 541 g/mol. The fourth-order valence-electron chi connectivity index (χ4n) is 2.04. The first kappa shape index (κ1) is 24.9. The van der Waals surface area contributed by atoms with Gasteiger partial charge >= 0.3 is 0 Å². The van der Waals surface area contributed by atoms with Crippen molar-refractivity contribution in [2.24, 2.45) is 4.99 Å². The van der Waals surface area contributed by atoms with Crippen LogP contribution < -0.4 is 10.6 Å². The molecule has 0 aliphatic carbocycles. The molecule has 5 nitrogen and oxygen atoms in total. The molecule has 0 amide bonds. The van der Waals surface area contributed by atoms with Crippen LogP contribution in [0.2, 0.25) is 5.02 Å².